The van der Waals surface area contributed by atoms with E-state index in [1.165, 1.54) is 6.07 Å². The molecule has 2 bridgehead atoms. The van der Waals surface area contributed by atoms with Gasteiger partial charge >= 0.3 is 11.9 Å². The normalized spacial score (nSPS) is 27.5. The second kappa shape index (κ2) is 2.80. The van der Waals surface area contributed by atoms with Crippen LogP contribution >= 0.6 is 0 Å². The molecule has 0 amide bonds. The highest BCUT2D eigenvalue weighted by Gasteiger charge is 2.69. The van der Waals surface area contributed by atoms with Crippen LogP contribution in [-0.4, -0.2) is 17.0 Å². The van der Waals surface area contributed by atoms with Gasteiger partial charge in [0.15, 0.2) is 5.60 Å². The molecule has 0 saturated heterocycles. The first kappa shape index (κ1) is 10.1. The topological polar surface area (TPSA) is 76.7 Å². The molecule has 5 heteroatoms. The molecule has 2 aliphatic rings. The monoisotopic (exact) mass is 234 g/mol. The Labute approximate surface area is 96.7 Å². The van der Waals surface area contributed by atoms with E-state index in [4.69, 9.17) is 14.3 Å². The number of rotatable bonds is 3. The van der Waals surface area contributed by atoms with Gasteiger partial charge in [-0.2, -0.15) is 0 Å². The van der Waals surface area contributed by atoms with Crippen molar-refractivity contribution in [2.75, 3.05) is 0 Å². The van der Waals surface area contributed by atoms with Gasteiger partial charge in [-0.3, -0.25) is 0 Å². The first-order valence-electron chi connectivity index (χ1n) is 5.22. The Morgan fingerprint density at radius 2 is 2.35 bits per heavy atom. The summed E-state index contributed by atoms with van der Waals surface area (Å²) in [6.07, 6.45) is 0.601. The second-order valence-corrected chi connectivity index (χ2v) is 4.51. The van der Waals surface area contributed by atoms with Gasteiger partial charge in [-0.1, -0.05) is 6.58 Å². The van der Waals surface area contributed by atoms with Crippen molar-refractivity contribution in [3.8, 4) is 0 Å². The molecular formula is C12H10O5. The number of carbonyl (C=O) groups is 2. The maximum absolute atomic E-state index is 11.5. The third kappa shape index (κ3) is 1.13. The number of fused-ring (bicyclic) bond motifs is 5. The van der Waals surface area contributed by atoms with E-state index in [0.29, 0.717) is 23.5 Å². The summed E-state index contributed by atoms with van der Waals surface area (Å²) in [6.45, 7) is 5.08. The van der Waals surface area contributed by atoms with Gasteiger partial charge in [-0.15, -0.1) is 0 Å². The van der Waals surface area contributed by atoms with E-state index in [9.17, 15) is 9.59 Å². The molecule has 1 fully saturated rings. The number of furan rings is 1. The maximum atomic E-state index is 11.5. The highest BCUT2D eigenvalue weighted by molar-refractivity contribution is 5.91. The number of esters is 1. The predicted octanol–water partition coefficient (Wildman–Crippen LogP) is 1.79. The Hall–Kier alpha value is -2.04. The lowest BCUT2D eigenvalue weighted by atomic mass is 10.0. The molecule has 2 unspecified atom stereocenters. The zero-order valence-corrected chi connectivity index (χ0v) is 9.15. The molecule has 5 nitrogen and oxygen atoms in total. The van der Waals surface area contributed by atoms with Crippen molar-refractivity contribution in [3.63, 3.8) is 0 Å². The molecule has 0 aromatic carbocycles. The number of hydrogen-bond acceptors (Lipinski definition) is 4. The van der Waals surface area contributed by atoms with Crippen LogP contribution < -0.4 is 0 Å². The molecule has 1 N–H and O–H groups in total. The van der Waals surface area contributed by atoms with Gasteiger partial charge in [-0.05, 0) is 13.0 Å². The Kier molecular flexibility index (Phi) is 1.67. The van der Waals surface area contributed by atoms with Crippen LogP contribution in [0.15, 0.2) is 22.6 Å². The van der Waals surface area contributed by atoms with Crippen LogP contribution in [0.5, 0.6) is 0 Å². The lowest BCUT2D eigenvalue weighted by Crippen LogP contribution is -2.19. The summed E-state index contributed by atoms with van der Waals surface area (Å²) in [5.41, 5.74) is -0.255. The molecule has 0 spiro atoms. The molecule has 1 aromatic rings. The molecular weight excluding hydrogens is 224 g/mol. The SMILES string of the molecule is C=C(C)C(=O)OC12CC1c1oc2cc1C(=O)O. The van der Waals surface area contributed by atoms with E-state index in [0.717, 1.165) is 0 Å². The third-order valence-corrected chi connectivity index (χ3v) is 3.26. The summed E-state index contributed by atoms with van der Waals surface area (Å²) in [5.74, 6) is -0.757. The largest absolute Gasteiger partial charge is 0.478 e. The standard InChI is InChI=1S/C12H10O5/c1-5(2)11(15)17-12-4-7(12)9-6(10(13)14)3-8(12)16-9/h3,7H,1,4H2,2H3,(H,13,14). The number of ether oxygens (including phenoxy) is 1. The highest BCUT2D eigenvalue weighted by atomic mass is 16.6. The minimum Gasteiger partial charge on any atom is -0.478 e. The van der Waals surface area contributed by atoms with Crippen LogP contribution in [0, 0.1) is 0 Å². The number of aromatic carboxylic acids is 1. The third-order valence-electron chi connectivity index (χ3n) is 3.26. The number of carbonyl (C=O) groups excluding carboxylic acids is 1. The van der Waals surface area contributed by atoms with Crippen LogP contribution in [0.3, 0.4) is 0 Å². The van der Waals surface area contributed by atoms with Crippen molar-refractivity contribution in [1.29, 1.82) is 0 Å². The Morgan fingerprint density at radius 3 is 2.88 bits per heavy atom. The average molecular weight is 234 g/mol. The van der Waals surface area contributed by atoms with Gasteiger partial charge in [-0.25, -0.2) is 9.59 Å². The first-order valence-corrected chi connectivity index (χ1v) is 5.22. The van der Waals surface area contributed by atoms with Crippen molar-refractivity contribution >= 4 is 11.9 Å². The van der Waals surface area contributed by atoms with Crippen LogP contribution in [0.25, 0.3) is 0 Å². The molecule has 1 aliphatic carbocycles. The van der Waals surface area contributed by atoms with Gasteiger partial charge in [0.2, 0.25) is 0 Å². The average Bonchev–Trinajstić information content (AvgIpc) is 2.72. The summed E-state index contributed by atoms with van der Waals surface area (Å²) in [7, 11) is 0. The number of carboxylic acids is 1. The van der Waals surface area contributed by atoms with Crippen LogP contribution in [-0.2, 0) is 15.1 Å². The van der Waals surface area contributed by atoms with Gasteiger partial charge < -0.3 is 14.3 Å². The molecule has 2 atom stereocenters. The van der Waals surface area contributed by atoms with E-state index in [1.807, 2.05) is 0 Å². The van der Waals surface area contributed by atoms with Gasteiger partial charge in [0.1, 0.15) is 17.1 Å². The van der Waals surface area contributed by atoms with E-state index in [1.54, 1.807) is 6.92 Å². The number of hydrogen-bond donors (Lipinski definition) is 1. The van der Waals surface area contributed by atoms with Crippen molar-refractivity contribution in [3.05, 3.63) is 35.3 Å². The smallest absolute Gasteiger partial charge is 0.339 e. The number of carboxylic acid groups (broad SMARTS) is 1. The van der Waals surface area contributed by atoms with Crippen molar-refractivity contribution in [2.45, 2.75) is 24.9 Å². The molecule has 1 saturated carbocycles. The highest BCUT2D eigenvalue weighted by Crippen LogP contribution is 2.67. The van der Waals surface area contributed by atoms with Crippen molar-refractivity contribution in [2.24, 2.45) is 0 Å². The summed E-state index contributed by atoms with van der Waals surface area (Å²) in [4.78, 5) is 22.4. The molecule has 88 valence electrons. The molecule has 1 aromatic heterocycles. The minimum atomic E-state index is -1.01. The zero-order chi connectivity index (χ0) is 12.4. The van der Waals surface area contributed by atoms with E-state index in [2.05, 4.69) is 6.58 Å². The Balaban J connectivity index is 1.90. The quantitative estimate of drug-likeness (QED) is 0.637. The zero-order valence-electron chi connectivity index (χ0n) is 9.15. The van der Waals surface area contributed by atoms with Crippen molar-refractivity contribution in [1.82, 2.24) is 0 Å². The Morgan fingerprint density at radius 1 is 1.65 bits per heavy atom. The predicted molar refractivity (Wildman–Crippen MR) is 55.6 cm³/mol. The second-order valence-electron chi connectivity index (χ2n) is 4.51. The fourth-order valence-corrected chi connectivity index (χ4v) is 2.28. The Bertz CT molecular complexity index is 567. The van der Waals surface area contributed by atoms with E-state index in [-0.39, 0.29) is 11.5 Å². The van der Waals surface area contributed by atoms with E-state index >= 15 is 0 Å². The van der Waals surface area contributed by atoms with Crippen LogP contribution in [0.1, 0.15) is 41.1 Å². The maximum Gasteiger partial charge on any atom is 0.339 e. The lowest BCUT2D eigenvalue weighted by Gasteiger charge is -2.13. The summed E-state index contributed by atoms with van der Waals surface area (Å²) in [5, 5.41) is 8.92. The van der Waals surface area contributed by atoms with Gasteiger partial charge in [0.05, 0.1) is 5.92 Å². The molecule has 17 heavy (non-hydrogen) atoms. The van der Waals surface area contributed by atoms with Crippen LogP contribution in [0.2, 0.25) is 0 Å². The summed E-state index contributed by atoms with van der Waals surface area (Å²) >= 11 is 0. The fraction of sp³-hybridized carbons (Fsp3) is 0.333. The molecule has 3 rings (SSSR count). The first-order chi connectivity index (χ1) is 7.95. The summed E-state index contributed by atoms with van der Waals surface area (Å²) < 4.78 is 10.7. The molecule has 1 aliphatic heterocycles. The fourth-order valence-electron chi connectivity index (χ4n) is 2.28. The van der Waals surface area contributed by atoms with Crippen LogP contribution in [0.4, 0.5) is 0 Å². The molecule has 2 heterocycles. The van der Waals surface area contributed by atoms with Crippen molar-refractivity contribution < 1.29 is 23.8 Å². The summed E-state index contributed by atoms with van der Waals surface area (Å²) in [6, 6.07) is 1.44. The minimum absolute atomic E-state index is 0.128. The van der Waals surface area contributed by atoms with Gasteiger partial charge in [0, 0.05) is 12.0 Å². The van der Waals surface area contributed by atoms with Gasteiger partial charge in [0.25, 0.3) is 0 Å². The lowest BCUT2D eigenvalue weighted by molar-refractivity contribution is -0.147. The molecule has 0 radical (unpaired) electrons. The van der Waals surface area contributed by atoms with E-state index < -0.39 is 17.5 Å².